The molecule has 2 aliphatic rings. The molecule has 0 aromatic heterocycles. The van der Waals surface area contributed by atoms with E-state index in [2.05, 4.69) is 23.6 Å². The summed E-state index contributed by atoms with van der Waals surface area (Å²) in [7, 11) is 0. The molecule has 1 saturated carbocycles. The summed E-state index contributed by atoms with van der Waals surface area (Å²) in [5.74, 6) is -0.429. The molecule has 1 heterocycles. The molecule has 0 bridgehead atoms. The Kier molecular flexibility index (Phi) is 3.56. The summed E-state index contributed by atoms with van der Waals surface area (Å²) in [6.45, 7) is 2.20. The zero-order valence-electron chi connectivity index (χ0n) is 13.6. The molecule has 0 spiro atoms. The smallest absolute Gasteiger partial charge is 0.123 e. The van der Waals surface area contributed by atoms with Crippen LogP contribution in [0.4, 0.5) is 20.2 Å². The normalized spacial score (nSPS) is 25.1. The van der Waals surface area contributed by atoms with Crippen molar-refractivity contribution in [3.63, 3.8) is 0 Å². The fourth-order valence-corrected chi connectivity index (χ4v) is 3.85. The van der Waals surface area contributed by atoms with Crippen molar-refractivity contribution in [1.82, 2.24) is 0 Å². The van der Waals surface area contributed by atoms with Crippen LogP contribution in [0.5, 0.6) is 0 Å². The molecular weight excluding hydrogens is 306 g/mol. The Hall–Kier alpha value is -2.36. The number of hydrogen-bond acceptors (Lipinski definition) is 2. The van der Waals surface area contributed by atoms with Crippen LogP contribution in [0.3, 0.4) is 0 Å². The molecule has 0 radical (unpaired) electrons. The fourth-order valence-electron chi connectivity index (χ4n) is 3.85. The number of anilines is 2. The van der Waals surface area contributed by atoms with Gasteiger partial charge in [0.25, 0.3) is 0 Å². The van der Waals surface area contributed by atoms with Crippen LogP contribution in [0.25, 0.3) is 6.08 Å². The summed E-state index contributed by atoms with van der Waals surface area (Å²) in [4.78, 5) is 0. The molecule has 1 aliphatic heterocycles. The molecule has 2 N–H and O–H groups in total. The molecule has 24 heavy (non-hydrogen) atoms. The molecule has 2 nitrogen and oxygen atoms in total. The molecular formula is C20H20F2N2. The van der Waals surface area contributed by atoms with E-state index >= 15 is 0 Å². The van der Waals surface area contributed by atoms with Crippen LogP contribution in [0.2, 0.25) is 0 Å². The van der Waals surface area contributed by atoms with Crippen molar-refractivity contribution in [3.05, 3.63) is 65.2 Å². The van der Waals surface area contributed by atoms with Crippen molar-refractivity contribution in [3.8, 4) is 0 Å². The molecule has 2 unspecified atom stereocenters. The first-order valence-corrected chi connectivity index (χ1v) is 8.33. The van der Waals surface area contributed by atoms with Gasteiger partial charge < -0.3 is 10.6 Å². The molecule has 4 rings (SSSR count). The fraction of sp³-hybridized carbons (Fsp3) is 0.300. The first-order chi connectivity index (χ1) is 11.5. The lowest BCUT2D eigenvalue weighted by molar-refractivity contribution is 0.412. The van der Waals surface area contributed by atoms with Crippen LogP contribution in [0.1, 0.15) is 31.7 Å². The molecule has 2 aromatic rings. The van der Waals surface area contributed by atoms with Crippen molar-refractivity contribution >= 4 is 17.5 Å². The Bertz CT molecular complexity index is 798. The van der Waals surface area contributed by atoms with Gasteiger partial charge in [-0.15, -0.1) is 0 Å². The molecule has 0 saturated heterocycles. The second kappa shape index (κ2) is 5.62. The van der Waals surface area contributed by atoms with Crippen molar-refractivity contribution in [1.29, 1.82) is 0 Å². The standard InChI is InChI=1S/C20H20F2N2/c1-20-12-18(23-17-7-3-15(21)4-8-17)6-2-14(20)10-13-11-16(22)5-9-19(13)24-20/h3-5,7-11,18,23-24H,2,6,12H2,1H3. The van der Waals surface area contributed by atoms with Crippen LogP contribution < -0.4 is 10.6 Å². The number of rotatable bonds is 2. The van der Waals surface area contributed by atoms with Gasteiger partial charge in [0, 0.05) is 23.0 Å². The van der Waals surface area contributed by atoms with Gasteiger partial charge in [-0.3, -0.25) is 0 Å². The Morgan fingerprint density at radius 3 is 2.62 bits per heavy atom. The number of halogens is 2. The van der Waals surface area contributed by atoms with Crippen LogP contribution in [0, 0.1) is 11.6 Å². The Morgan fingerprint density at radius 2 is 1.83 bits per heavy atom. The lowest BCUT2D eigenvalue weighted by Gasteiger charge is -2.45. The largest absolute Gasteiger partial charge is 0.382 e. The average Bonchev–Trinajstić information content (AvgIpc) is 2.55. The SMILES string of the molecule is CC12CC(Nc3ccc(F)cc3)CCC1=Cc1cc(F)ccc1N2. The minimum absolute atomic E-state index is 0.138. The van der Waals surface area contributed by atoms with Gasteiger partial charge >= 0.3 is 0 Å². The van der Waals surface area contributed by atoms with Gasteiger partial charge in [-0.25, -0.2) is 8.78 Å². The monoisotopic (exact) mass is 326 g/mol. The van der Waals surface area contributed by atoms with Crippen LogP contribution in [-0.4, -0.2) is 11.6 Å². The van der Waals surface area contributed by atoms with E-state index in [0.29, 0.717) is 6.04 Å². The summed E-state index contributed by atoms with van der Waals surface area (Å²) in [6.07, 6.45) is 5.01. The third kappa shape index (κ3) is 2.77. The number of nitrogens with one attached hydrogen (secondary N) is 2. The van der Waals surface area contributed by atoms with Gasteiger partial charge in [0.2, 0.25) is 0 Å². The minimum Gasteiger partial charge on any atom is -0.382 e. The maximum absolute atomic E-state index is 13.5. The predicted molar refractivity (Wildman–Crippen MR) is 94.1 cm³/mol. The lowest BCUT2D eigenvalue weighted by atomic mass is 9.73. The molecule has 0 amide bonds. The Labute approximate surface area is 140 Å². The van der Waals surface area contributed by atoms with Gasteiger partial charge in [-0.05, 0) is 74.2 Å². The van der Waals surface area contributed by atoms with E-state index in [-0.39, 0.29) is 17.2 Å². The van der Waals surface area contributed by atoms with Crippen LogP contribution in [0.15, 0.2) is 48.0 Å². The predicted octanol–water partition coefficient (Wildman–Crippen LogP) is 5.20. The highest BCUT2D eigenvalue weighted by atomic mass is 19.1. The molecule has 2 aromatic carbocycles. The van der Waals surface area contributed by atoms with E-state index in [1.807, 2.05) is 0 Å². The average molecular weight is 326 g/mol. The first-order valence-electron chi connectivity index (χ1n) is 8.33. The minimum atomic E-state index is -0.223. The van der Waals surface area contributed by atoms with E-state index in [4.69, 9.17) is 0 Å². The molecule has 1 aliphatic carbocycles. The zero-order chi connectivity index (χ0) is 16.7. The van der Waals surface area contributed by atoms with Crippen molar-refractivity contribution < 1.29 is 8.78 Å². The molecule has 4 heteroatoms. The Morgan fingerprint density at radius 1 is 1.08 bits per heavy atom. The van der Waals surface area contributed by atoms with E-state index in [1.165, 1.54) is 23.8 Å². The molecule has 124 valence electrons. The van der Waals surface area contributed by atoms with Gasteiger partial charge in [0.05, 0.1) is 5.54 Å². The summed E-state index contributed by atoms with van der Waals surface area (Å²) in [6, 6.07) is 11.7. The summed E-state index contributed by atoms with van der Waals surface area (Å²) >= 11 is 0. The Balaban J connectivity index is 1.55. The second-order valence-corrected chi connectivity index (χ2v) is 6.95. The van der Waals surface area contributed by atoms with E-state index < -0.39 is 0 Å². The van der Waals surface area contributed by atoms with Gasteiger partial charge in [0.1, 0.15) is 11.6 Å². The maximum Gasteiger partial charge on any atom is 0.123 e. The highest BCUT2D eigenvalue weighted by molar-refractivity contribution is 5.75. The quantitative estimate of drug-likeness (QED) is 0.793. The van der Waals surface area contributed by atoms with Gasteiger partial charge in [-0.1, -0.05) is 6.08 Å². The topological polar surface area (TPSA) is 24.1 Å². The second-order valence-electron chi connectivity index (χ2n) is 6.95. The van der Waals surface area contributed by atoms with E-state index in [1.54, 1.807) is 24.3 Å². The number of hydrogen-bond donors (Lipinski definition) is 2. The van der Waals surface area contributed by atoms with Crippen molar-refractivity contribution in [2.75, 3.05) is 10.6 Å². The zero-order valence-corrected chi connectivity index (χ0v) is 13.6. The van der Waals surface area contributed by atoms with Gasteiger partial charge in [0.15, 0.2) is 0 Å². The van der Waals surface area contributed by atoms with Crippen molar-refractivity contribution in [2.45, 2.75) is 37.8 Å². The highest BCUT2D eigenvalue weighted by Crippen LogP contribution is 2.42. The van der Waals surface area contributed by atoms with Crippen molar-refractivity contribution in [2.24, 2.45) is 0 Å². The third-order valence-corrected chi connectivity index (χ3v) is 5.09. The van der Waals surface area contributed by atoms with E-state index in [0.717, 1.165) is 36.2 Å². The van der Waals surface area contributed by atoms with Crippen LogP contribution >= 0.6 is 0 Å². The summed E-state index contributed by atoms with van der Waals surface area (Å²) in [5.41, 5.74) is 4.02. The lowest BCUT2D eigenvalue weighted by Crippen LogP contribution is -2.47. The number of fused-ring (bicyclic) bond motifs is 2. The summed E-state index contributed by atoms with van der Waals surface area (Å²) < 4.78 is 26.5. The first kappa shape index (κ1) is 15.2. The summed E-state index contributed by atoms with van der Waals surface area (Å²) in [5, 5.41) is 7.10. The third-order valence-electron chi connectivity index (χ3n) is 5.09. The number of benzene rings is 2. The highest BCUT2D eigenvalue weighted by Gasteiger charge is 2.38. The van der Waals surface area contributed by atoms with Crippen LogP contribution in [-0.2, 0) is 0 Å². The van der Waals surface area contributed by atoms with Gasteiger partial charge in [-0.2, -0.15) is 0 Å². The van der Waals surface area contributed by atoms with E-state index in [9.17, 15) is 8.78 Å². The molecule has 1 fully saturated rings. The molecule has 2 atom stereocenters. The maximum atomic E-state index is 13.5.